The number of aromatic nitrogens is 1. The lowest BCUT2D eigenvalue weighted by Gasteiger charge is -2.19. The van der Waals surface area contributed by atoms with Gasteiger partial charge in [0, 0.05) is 11.1 Å². The number of aryl methyl sites for hydroxylation is 1. The number of rotatable bonds is 4. The number of fused-ring (bicyclic) bond motifs is 1. The minimum atomic E-state index is -3.42. The van der Waals surface area contributed by atoms with Gasteiger partial charge in [-0.2, -0.15) is 0 Å². The van der Waals surface area contributed by atoms with Crippen molar-refractivity contribution in [3.63, 3.8) is 0 Å². The lowest BCUT2D eigenvalue weighted by molar-refractivity contribution is 0.0789. The minimum absolute atomic E-state index is 0.0736. The largest absolute Gasteiger partial charge is 0.386 e. The Balaban J connectivity index is 1.67. The predicted octanol–water partition coefficient (Wildman–Crippen LogP) is 4.15. The van der Waals surface area contributed by atoms with Gasteiger partial charge in [0.05, 0.1) is 17.0 Å². The van der Waals surface area contributed by atoms with Gasteiger partial charge in [0.15, 0.2) is 9.92 Å². The molecule has 2 aliphatic carbocycles. The van der Waals surface area contributed by atoms with Gasteiger partial charge in [0.1, 0.15) is 4.21 Å². The van der Waals surface area contributed by atoms with Crippen LogP contribution in [0.2, 0.25) is 0 Å². The smallest absolute Gasteiger partial charge is 0.354 e. The highest BCUT2D eigenvalue weighted by atomic mass is 32.2. The van der Waals surface area contributed by atoms with Crippen LogP contribution in [0.3, 0.4) is 0 Å². The zero-order valence-electron chi connectivity index (χ0n) is 17.7. The Hall–Kier alpha value is -1.81. The van der Waals surface area contributed by atoms with Crippen molar-refractivity contribution in [2.24, 2.45) is 9.50 Å². The molecule has 1 saturated carbocycles. The Labute approximate surface area is 181 Å². The van der Waals surface area contributed by atoms with Crippen LogP contribution in [0.5, 0.6) is 0 Å². The molecule has 1 fully saturated rings. The average Bonchev–Trinajstić information content (AvgIpc) is 3.06. The summed E-state index contributed by atoms with van der Waals surface area (Å²) in [5.41, 5.74) is 4.41. The van der Waals surface area contributed by atoms with Crippen LogP contribution in [0.1, 0.15) is 68.1 Å². The van der Waals surface area contributed by atoms with Crippen molar-refractivity contribution >= 4 is 33.0 Å². The van der Waals surface area contributed by atoms with E-state index < -0.39 is 21.5 Å². The first-order valence-electron chi connectivity index (χ1n) is 10.1. The van der Waals surface area contributed by atoms with E-state index in [0.717, 1.165) is 71.6 Å². The zero-order chi connectivity index (χ0) is 21.9. The summed E-state index contributed by atoms with van der Waals surface area (Å²) in [6, 6.07) is 0.821. The standard InChI is InChI=1S/C21H28N4O3S2/c1-12-17(14-6-5-7-15(14)23-18(12)21(4)8-9-21)24-19(26)25-30(22,28)16-10-13(11-29-16)20(2,3)27/h10-11,27H,5-9H2,1-4H3,(H3,22,23,24,25,26,28)/t30-/m1/s1. The molecule has 0 saturated heterocycles. The predicted molar refractivity (Wildman–Crippen MR) is 119 cm³/mol. The molecule has 0 bridgehead atoms. The Bertz CT molecular complexity index is 1150. The first-order chi connectivity index (χ1) is 13.9. The van der Waals surface area contributed by atoms with E-state index >= 15 is 0 Å². The van der Waals surface area contributed by atoms with Crippen LogP contribution >= 0.6 is 11.3 Å². The Morgan fingerprint density at radius 2 is 2.10 bits per heavy atom. The van der Waals surface area contributed by atoms with Gasteiger partial charge in [-0.1, -0.05) is 6.92 Å². The summed E-state index contributed by atoms with van der Waals surface area (Å²) >= 11 is 1.12. The molecule has 9 heteroatoms. The number of carbonyl (C=O) groups excluding carboxylic acids is 1. The highest BCUT2D eigenvalue weighted by molar-refractivity contribution is 7.93. The van der Waals surface area contributed by atoms with Crippen LogP contribution < -0.4 is 10.5 Å². The molecule has 30 heavy (non-hydrogen) atoms. The van der Waals surface area contributed by atoms with E-state index in [1.54, 1.807) is 25.3 Å². The number of hydrogen-bond acceptors (Lipinski definition) is 5. The van der Waals surface area contributed by atoms with Gasteiger partial charge in [-0.25, -0.2) is 14.1 Å². The SMILES string of the molecule is Cc1c(C2(C)CC2)nc2c(c1NC(=O)N=[S@@](N)(=O)c1cc(C(C)(C)O)cs1)CCC2. The van der Waals surface area contributed by atoms with Crippen LogP contribution in [0.4, 0.5) is 10.5 Å². The minimum Gasteiger partial charge on any atom is -0.386 e. The second-order valence-corrected chi connectivity index (χ2v) is 12.0. The second kappa shape index (κ2) is 7.12. The molecule has 2 aromatic heterocycles. The van der Waals surface area contributed by atoms with Crippen molar-refractivity contribution in [2.75, 3.05) is 5.32 Å². The van der Waals surface area contributed by atoms with Crippen molar-refractivity contribution < 1.29 is 14.1 Å². The van der Waals surface area contributed by atoms with Crippen molar-refractivity contribution in [3.8, 4) is 0 Å². The molecular formula is C21H28N4O3S2. The number of nitrogens with one attached hydrogen (secondary N) is 1. The van der Waals surface area contributed by atoms with Crippen LogP contribution in [0.25, 0.3) is 0 Å². The molecule has 0 aromatic carbocycles. The maximum Gasteiger partial charge on any atom is 0.354 e. The average molecular weight is 449 g/mol. The number of pyridine rings is 1. The van der Waals surface area contributed by atoms with Gasteiger partial charge in [-0.05, 0) is 81.0 Å². The summed E-state index contributed by atoms with van der Waals surface area (Å²) < 4.78 is 17.0. The number of carbonyl (C=O) groups is 1. The number of amides is 2. The third kappa shape index (κ3) is 3.91. The number of aliphatic hydroxyl groups is 1. The van der Waals surface area contributed by atoms with E-state index in [0.29, 0.717) is 5.56 Å². The van der Waals surface area contributed by atoms with Gasteiger partial charge >= 0.3 is 6.03 Å². The highest BCUT2D eigenvalue weighted by Crippen LogP contribution is 2.50. The van der Waals surface area contributed by atoms with Gasteiger partial charge in [-0.3, -0.25) is 4.98 Å². The Morgan fingerprint density at radius 1 is 1.40 bits per heavy atom. The molecule has 2 aromatic rings. The third-order valence-corrected chi connectivity index (χ3v) is 8.92. The number of nitrogens with zero attached hydrogens (tertiary/aromatic N) is 2. The fraction of sp³-hybridized carbons (Fsp3) is 0.524. The molecule has 1 atom stereocenters. The summed E-state index contributed by atoms with van der Waals surface area (Å²) in [6.07, 6.45) is 4.95. The molecule has 0 aliphatic heterocycles. The molecule has 0 unspecified atom stereocenters. The Morgan fingerprint density at radius 3 is 2.70 bits per heavy atom. The normalized spacial score (nSPS) is 19.1. The maximum absolute atomic E-state index is 13.0. The van der Waals surface area contributed by atoms with Gasteiger partial charge in [-0.15, -0.1) is 15.7 Å². The molecular weight excluding hydrogens is 420 g/mol. The van der Waals surface area contributed by atoms with E-state index in [1.165, 1.54) is 0 Å². The van der Waals surface area contributed by atoms with E-state index in [1.807, 2.05) is 6.92 Å². The number of thiophene rings is 1. The molecule has 4 N–H and O–H groups in total. The van der Waals surface area contributed by atoms with E-state index in [9.17, 15) is 14.1 Å². The molecule has 2 aliphatic rings. The van der Waals surface area contributed by atoms with Gasteiger partial charge in [0.2, 0.25) is 0 Å². The van der Waals surface area contributed by atoms with Crippen molar-refractivity contribution in [1.82, 2.24) is 4.98 Å². The number of hydrogen-bond donors (Lipinski definition) is 3. The number of urea groups is 1. The number of nitrogens with two attached hydrogens (primary N) is 1. The monoisotopic (exact) mass is 448 g/mol. The molecule has 162 valence electrons. The lowest BCUT2D eigenvalue weighted by atomic mass is 9.96. The molecule has 4 rings (SSSR count). The summed E-state index contributed by atoms with van der Waals surface area (Å²) in [5, 5.41) is 20.6. The van der Waals surface area contributed by atoms with Crippen LogP contribution in [-0.4, -0.2) is 20.3 Å². The molecule has 0 radical (unpaired) electrons. The van der Waals surface area contributed by atoms with Gasteiger partial charge in [0.25, 0.3) is 0 Å². The van der Waals surface area contributed by atoms with Crippen molar-refractivity contribution in [2.45, 2.75) is 75.0 Å². The molecule has 2 amide bonds. The van der Waals surface area contributed by atoms with Crippen LogP contribution in [0, 0.1) is 6.92 Å². The quantitative estimate of drug-likeness (QED) is 0.651. The van der Waals surface area contributed by atoms with Gasteiger partial charge < -0.3 is 10.4 Å². The first kappa shape index (κ1) is 21.4. The third-order valence-electron chi connectivity index (χ3n) is 6.06. The molecule has 0 spiro atoms. The fourth-order valence-corrected chi connectivity index (χ4v) is 6.23. The van der Waals surface area contributed by atoms with E-state index in [4.69, 9.17) is 10.1 Å². The summed E-state index contributed by atoms with van der Waals surface area (Å²) in [6.45, 7) is 7.44. The zero-order valence-corrected chi connectivity index (χ0v) is 19.4. The molecule has 2 heterocycles. The summed E-state index contributed by atoms with van der Waals surface area (Å²) in [7, 11) is -3.42. The van der Waals surface area contributed by atoms with E-state index in [-0.39, 0.29) is 9.62 Å². The Kier molecular flexibility index (Phi) is 5.08. The highest BCUT2D eigenvalue weighted by Gasteiger charge is 2.43. The lowest BCUT2D eigenvalue weighted by Crippen LogP contribution is -2.19. The van der Waals surface area contributed by atoms with Crippen LogP contribution in [0.15, 0.2) is 20.0 Å². The molecule has 7 nitrogen and oxygen atoms in total. The summed E-state index contributed by atoms with van der Waals surface area (Å²) in [5.74, 6) is 0. The first-order valence-corrected chi connectivity index (χ1v) is 12.6. The second-order valence-electron chi connectivity index (χ2n) is 9.10. The topological polar surface area (TPSA) is 118 Å². The maximum atomic E-state index is 13.0. The summed E-state index contributed by atoms with van der Waals surface area (Å²) in [4.78, 5) is 17.6. The van der Waals surface area contributed by atoms with Crippen LogP contribution in [-0.2, 0) is 33.8 Å². The van der Waals surface area contributed by atoms with Crippen molar-refractivity contribution in [3.05, 3.63) is 39.5 Å². The van der Waals surface area contributed by atoms with E-state index in [2.05, 4.69) is 16.6 Å². The number of anilines is 1. The van der Waals surface area contributed by atoms with Crippen molar-refractivity contribution in [1.29, 1.82) is 0 Å². The fourth-order valence-electron chi connectivity index (χ4n) is 3.95.